The molecule has 0 saturated carbocycles. The number of rotatable bonds is 7. The molecule has 3 atom stereocenters. The van der Waals surface area contributed by atoms with Gasteiger partial charge in [0, 0.05) is 36.1 Å². The monoisotopic (exact) mass is 540 g/mol. The van der Waals surface area contributed by atoms with Gasteiger partial charge in [-0.2, -0.15) is 4.31 Å². The van der Waals surface area contributed by atoms with E-state index in [1.54, 1.807) is 43.3 Å². The highest BCUT2D eigenvalue weighted by Crippen LogP contribution is 2.35. The lowest BCUT2D eigenvalue weighted by atomic mass is 10.0. The third-order valence-corrected chi connectivity index (χ3v) is 8.29. The molecule has 0 unspecified atom stereocenters. The van der Waals surface area contributed by atoms with Gasteiger partial charge >= 0.3 is 5.97 Å². The van der Waals surface area contributed by atoms with Crippen molar-refractivity contribution in [3.05, 3.63) is 58.1 Å². The van der Waals surface area contributed by atoms with E-state index in [1.165, 1.54) is 10.4 Å². The summed E-state index contributed by atoms with van der Waals surface area (Å²) in [5, 5.41) is 18.8. The molecule has 1 aliphatic heterocycles. The molecule has 2 aromatic carbocycles. The van der Waals surface area contributed by atoms with E-state index < -0.39 is 22.0 Å². The van der Waals surface area contributed by atoms with Crippen molar-refractivity contribution < 1.29 is 28.2 Å². The SMILES string of the molecule is C[C@@H]1CN([C@@H](C)CO)S(=O)(=O)c2ccc(Br)cc2O[C@@H]1CN(C)Cc1ccc(C(=O)O)cc1. The van der Waals surface area contributed by atoms with Crippen LogP contribution in [-0.2, 0) is 16.6 Å². The Morgan fingerprint density at radius 2 is 1.94 bits per heavy atom. The molecule has 1 heterocycles. The van der Waals surface area contributed by atoms with Crippen LogP contribution in [0.3, 0.4) is 0 Å². The van der Waals surface area contributed by atoms with E-state index in [1.807, 2.05) is 14.0 Å². The molecule has 8 nitrogen and oxygen atoms in total. The van der Waals surface area contributed by atoms with Crippen LogP contribution in [0.2, 0.25) is 0 Å². The number of nitrogens with zero attached hydrogens (tertiary/aromatic N) is 2. The Bertz CT molecular complexity index is 1090. The number of likely N-dealkylation sites (N-methyl/N-ethyl adjacent to an activating group) is 1. The lowest BCUT2D eigenvalue weighted by Crippen LogP contribution is -2.49. The van der Waals surface area contributed by atoms with Gasteiger partial charge < -0.3 is 14.9 Å². The van der Waals surface area contributed by atoms with E-state index in [4.69, 9.17) is 9.84 Å². The Balaban J connectivity index is 1.87. The third kappa shape index (κ3) is 5.93. The second-order valence-corrected chi connectivity index (χ2v) is 11.3. The molecule has 180 valence electrons. The molecule has 1 aliphatic rings. The summed E-state index contributed by atoms with van der Waals surface area (Å²) >= 11 is 3.40. The van der Waals surface area contributed by atoms with Gasteiger partial charge in [0.05, 0.1) is 12.2 Å². The first-order valence-electron chi connectivity index (χ1n) is 10.6. The van der Waals surface area contributed by atoms with Gasteiger partial charge in [-0.1, -0.05) is 35.0 Å². The molecule has 0 radical (unpaired) electrons. The van der Waals surface area contributed by atoms with Gasteiger partial charge in [-0.25, -0.2) is 13.2 Å². The van der Waals surface area contributed by atoms with Crippen LogP contribution < -0.4 is 4.74 Å². The summed E-state index contributed by atoms with van der Waals surface area (Å²) in [5.74, 6) is -0.846. The van der Waals surface area contributed by atoms with Crippen molar-refractivity contribution in [3.63, 3.8) is 0 Å². The van der Waals surface area contributed by atoms with Crippen molar-refractivity contribution >= 4 is 31.9 Å². The smallest absolute Gasteiger partial charge is 0.335 e. The number of hydrogen-bond acceptors (Lipinski definition) is 6. The van der Waals surface area contributed by atoms with Crippen LogP contribution in [0.5, 0.6) is 5.75 Å². The molecule has 0 bridgehead atoms. The lowest BCUT2D eigenvalue weighted by Gasteiger charge is -2.37. The maximum absolute atomic E-state index is 13.3. The average Bonchev–Trinajstić information content (AvgIpc) is 2.75. The second-order valence-electron chi connectivity index (χ2n) is 8.53. The predicted octanol–water partition coefficient (Wildman–Crippen LogP) is 3.05. The highest BCUT2D eigenvalue weighted by atomic mass is 79.9. The molecule has 0 saturated heterocycles. The number of ether oxygens (including phenoxy) is 1. The number of aromatic carboxylic acids is 1. The number of carbonyl (C=O) groups is 1. The largest absolute Gasteiger partial charge is 0.487 e. The Labute approximate surface area is 203 Å². The first-order valence-corrected chi connectivity index (χ1v) is 12.9. The number of fused-ring (bicyclic) bond motifs is 1. The van der Waals surface area contributed by atoms with Gasteiger partial charge in [0.1, 0.15) is 16.7 Å². The minimum Gasteiger partial charge on any atom is -0.487 e. The fourth-order valence-electron chi connectivity index (χ4n) is 3.85. The summed E-state index contributed by atoms with van der Waals surface area (Å²) in [5.41, 5.74) is 1.20. The number of benzene rings is 2. The molecule has 0 aliphatic carbocycles. The Kier molecular flexibility index (Phi) is 8.17. The van der Waals surface area contributed by atoms with Crippen LogP contribution in [0, 0.1) is 5.92 Å². The minimum atomic E-state index is -3.85. The molecule has 0 aromatic heterocycles. The highest BCUT2D eigenvalue weighted by Gasteiger charge is 2.38. The van der Waals surface area contributed by atoms with Gasteiger partial charge in [-0.05, 0) is 49.9 Å². The molecule has 2 aromatic rings. The number of carboxylic acid groups (broad SMARTS) is 1. The lowest BCUT2D eigenvalue weighted by molar-refractivity contribution is 0.0697. The number of halogens is 1. The van der Waals surface area contributed by atoms with E-state index in [0.717, 1.165) is 5.56 Å². The molecule has 10 heteroatoms. The van der Waals surface area contributed by atoms with Crippen molar-refractivity contribution in [2.75, 3.05) is 26.7 Å². The second kappa shape index (κ2) is 10.5. The van der Waals surface area contributed by atoms with Crippen molar-refractivity contribution in [3.8, 4) is 5.75 Å². The molecule has 0 fully saturated rings. The minimum absolute atomic E-state index is 0.0785. The Morgan fingerprint density at radius 3 is 2.55 bits per heavy atom. The van der Waals surface area contributed by atoms with Crippen molar-refractivity contribution in [2.45, 2.75) is 37.4 Å². The zero-order valence-electron chi connectivity index (χ0n) is 18.8. The first kappa shape index (κ1) is 25.6. The number of sulfonamides is 1. The summed E-state index contributed by atoms with van der Waals surface area (Å²) in [4.78, 5) is 13.2. The summed E-state index contributed by atoms with van der Waals surface area (Å²) in [7, 11) is -1.91. The highest BCUT2D eigenvalue weighted by molar-refractivity contribution is 9.10. The Hall–Kier alpha value is -1.98. The van der Waals surface area contributed by atoms with Crippen LogP contribution in [0.4, 0.5) is 0 Å². The van der Waals surface area contributed by atoms with E-state index in [9.17, 15) is 18.3 Å². The summed E-state index contributed by atoms with van der Waals surface area (Å²) in [6, 6.07) is 11.0. The quantitative estimate of drug-likeness (QED) is 0.555. The van der Waals surface area contributed by atoms with Crippen LogP contribution in [0.1, 0.15) is 29.8 Å². The average molecular weight is 541 g/mol. The maximum atomic E-state index is 13.3. The van der Waals surface area contributed by atoms with Gasteiger partial charge in [-0.15, -0.1) is 0 Å². The van der Waals surface area contributed by atoms with E-state index >= 15 is 0 Å². The van der Waals surface area contributed by atoms with Gasteiger partial charge in [0.25, 0.3) is 0 Å². The first-order chi connectivity index (χ1) is 15.5. The molecule has 0 spiro atoms. The number of hydrogen-bond donors (Lipinski definition) is 2. The maximum Gasteiger partial charge on any atom is 0.335 e. The van der Waals surface area contributed by atoms with E-state index in [-0.39, 0.29) is 41.4 Å². The zero-order valence-corrected chi connectivity index (χ0v) is 21.2. The van der Waals surface area contributed by atoms with E-state index in [2.05, 4.69) is 20.8 Å². The van der Waals surface area contributed by atoms with E-state index in [0.29, 0.717) is 17.6 Å². The Morgan fingerprint density at radius 1 is 1.27 bits per heavy atom. The molecule has 2 N–H and O–H groups in total. The van der Waals surface area contributed by atoms with Crippen LogP contribution in [0.15, 0.2) is 51.8 Å². The van der Waals surface area contributed by atoms with Gasteiger partial charge in [0.2, 0.25) is 10.0 Å². The van der Waals surface area contributed by atoms with Crippen molar-refractivity contribution in [2.24, 2.45) is 5.92 Å². The standard InChI is InChI=1S/C23H29BrN2O6S/c1-15-11-26(16(2)14-27)33(30,31)22-9-8-19(24)10-20(22)32-21(15)13-25(3)12-17-4-6-18(7-5-17)23(28)29/h4-10,15-16,21,27H,11-14H2,1-3H3,(H,28,29)/t15-,16+,21-/m1/s1. The molecule has 0 amide bonds. The summed E-state index contributed by atoms with van der Waals surface area (Å²) < 4.78 is 35.0. The number of carboxylic acids is 1. The molecule has 3 rings (SSSR count). The van der Waals surface area contributed by atoms with Gasteiger partial charge in [-0.3, -0.25) is 4.90 Å². The van der Waals surface area contributed by atoms with Crippen LogP contribution >= 0.6 is 15.9 Å². The predicted molar refractivity (Wildman–Crippen MR) is 128 cm³/mol. The normalized spacial score (nSPS) is 21.5. The van der Waals surface area contributed by atoms with Crippen molar-refractivity contribution in [1.29, 1.82) is 0 Å². The summed E-state index contributed by atoms with van der Waals surface area (Å²) in [6.45, 7) is 4.66. The van der Waals surface area contributed by atoms with Crippen molar-refractivity contribution in [1.82, 2.24) is 9.21 Å². The molecule has 33 heavy (non-hydrogen) atoms. The summed E-state index contributed by atoms with van der Waals surface area (Å²) in [6.07, 6.45) is -0.315. The number of aliphatic hydroxyl groups is 1. The molecular weight excluding hydrogens is 512 g/mol. The van der Waals surface area contributed by atoms with Crippen LogP contribution in [0.25, 0.3) is 0 Å². The number of aliphatic hydroxyl groups excluding tert-OH is 1. The fraction of sp³-hybridized carbons (Fsp3) is 0.435. The van der Waals surface area contributed by atoms with Gasteiger partial charge in [0.15, 0.2) is 0 Å². The third-order valence-electron chi connectivity index (χ3n) is 5.77. The molecular formula is C23H29BrN2O6S. The van der Waals surface area contributed by atoms with Crippen LogP contribution in [-0.4, -0.2) is 72.7 Å². The zero-order chi connectivity index (χ0) is 24.3. The topological polar surface area (TPSA) is 107 Å². The fourth-order valence-corrected chi connectivity index (χ4v) is 6.02.